The zero-order valence-corrected chi connectivity index (χ0v) is 11.4. The number of nitrogens with two attached hydrogens (primary N) is 1. The van der Waals surface area contributed by atoms with Crippen LogP contribution in [0.4, 0.5) is 0 Å². The Morgan fingerprint density at radius 2 is 1.94 bits per heavy atom. The minimum Gasteiger partial charge on any atom is -0.321 e. The van der Waals surface area contributed by atoms with Gasteiger partial charge in [-0.05, 0) is 43.7 Å². The van der Waals surface area contributed by atoms with Crippen LogP contribution in [-0.4, -0.2) is 14.0 Å². The Labute approximate surface area is 103 Å². The molecule has 0 bridgehead atoms. The molecule has 16 heavy (non-hydrogen) atoms. The molecular weight excluding hydrogens is 290 g/mol. The summed E-state index contributed by atoms with van der Waals surface area (Å²) in [6.45, 7) is 3.38. The Bertz CT molecular complexity index is 582. The Hall–Kier alpha value is -0.650. The van der Waals surface area contributed by atoms with Crippen molar-refractivity contribution in [1.29, 1.82) is 0 Å². The van der Waals surface area contributed by atoms with E-state index < -0.39 is 15.4 Å². The second-order valence-corrected chi connectivity index (χ2v) is 7.22. The van der Waals surface area contributed by atoms with Crippen LogP contribution in [0.25, 0.3) is 6.08 Å². The van der Waals surface area contributed by atoms with Gasteiger partial charge in [0, 0.05) is 10.0 Å². The molecule has 0 unspecified atom stereocenters. The summed E-state index contributed by atoms with van der Waals surface area (Å²) in [5.74, 6) is 0. The first-order valence-corrected chi connectivity index (χ1v) is 7.06. The van der Waals surface area contributed by atoms with Gasteiger partial charge in [0.2, 0.25) is 9.84 Å². The van der Waals surface area contributed by atoms with Gasteiger partial charge in [0.25, 0.3) is 0 Å². The maximum atomic E-state index is 12.2. The maximum Gasteiger partial charge on any atom is 0.205 e. The molecule has 1 aliphatic rings. The lowest BCUT2D eigenvalue weighted by molar-refractivity contribution is 0.582. The molecule has 1 aromatic carbocycles. The third-order valence-electron chi connectivity index (χ3n) is 2.47. The fraction of sp³-hybridized carbons (Fsp3) is 0.273. The van der Waals surface area contributed by atoms with E-state index in [1.807, 2.05) is 0 Å². The Morgan fingerprint density at radius 3 is 2.50 bits per heavy atom. The number of rotatable bonds is 1. The normalized spacial score (nSPS) is 18.1. The third-order valence-corrected chi connectivity index (χ3v) is 5.14. The van der Waals surface area contributed by atoms with Crippen molar-refractivity contribution in [3.63, 3.8) is 0 Å². The molecule has 5 heteroatoms. The molecule has 0 aliphatic carbocycles. The van der Waals surface area contributed by atoms with E-state index in [0.29, 0.717) is 10.5 Å². The minimum atomic E-state index is -3.41. The van der Waals surface area contributed by atoms with Crippen LogP contribution in [0.3, 0.4) is 0 Å². The van der Waals surface area contributed by atoms with E-state index in [0.717, 1.165) is 4.47 Å². The Balaban J connectivity index is 2.71. The van der Waals surface area contributed by atoms with Crippen molar-refractivity contribution in [3.05, 3.63) is 33.1 Å². The summed E-state index contributed by atoms with van der Waals surface area (Å²) in [7, 11) is -3.41. The van der Waals surface area contributed by atoms with Crippen molar-refractivity contribution < 1.29 is 8.42 Å². The third kappa shape index (κ3) is 1.73. The predicted octanol–water partition coefficient (Wildman–Crippen LogP) is 2.31. The lowest BCUT2D eigenvalue weighted by atomic mass is 10.0. The highest BCUT2D eigenvalue weighted by molar-refractivity contribution is 9.10. The topological polar surface area (TPSA) is 60.2 Å². The number of hydrogen-bond donors (Lipinski definition) is 1. The molecule has 0 aromatic heterocycles. The van der Waals surface area contributed by atoms with E-state index >= 15 is 0 Å². The van der Waals surface area contributed by atoms with Crippen molar-refractivity contribution in [1.82, 2.24) is 0 Å². The zero-order chi connectivity index (χ0) is 12.1. The van der Waals surface area contributed by atoms with Gasteiger partial charge in [-0.1, -0.05) is 15.9 Å². The van der Waals surface area contributed by atoms with Crippen LogP contribution in [0.5, 0.6) is 0 Å². The summed E-state index contributed by atoms with van der Waals surface area (Å²) in [5.41, 5.74) is 5.71. The minimum absolute atomic E-state index is 0.271. The molecule has 86 valence electrons. The highest BCUT2D eigenvalue weighted by Gasteiger charge is 2.36. The molecule has 0 saturated heterocycles. The molecule has 0 saturated carbocycles. The van der Waals surface area contributed by atoms with Crippen LogP contribution in [-0.2, 0) is 9.84 Å². The Kier molecular flexibility index (Phi) is 2.53. The number of fused-ring (bicyclic) bond motifs is 1. The quantitative estimate of drug-likeness (QED) is 0.866. The van der Waals surface area contributed by atoms with E-state index in [1.54, 1.807) is 38.1 Å². The van der Waals surface area contributed by atoms with E-state index in [9.17, 15) is 8.42 Å². The highest BCUT2D eigenvalue weighted by Crippen LogP contribution is 2.38. The number of halogens is 1. The first-order valence-electron chi connectivity index (χ1n) is 4.78. The van der Waals surface area contributed by atoms with E-state index in [2.05, 4.69) is 15.9 Å². The van der Waals surface area contributed by atoms with Gasteiger partial charge in [0.1, 0.15) is 0 Å². The summed E-state index contributed by atoms with van der Waals surface area (Å²) >= 11 is 3.32. The summed E-state index contributed by atoms with van der Waals surface area (Å²) in [5, 5.41) is 0. The molecular formula is C11H12BrNO2S. The monoisotopic (exact) mass is 301 g/mol. The van der Waals surface area contributed by atoms with Gasteiger partial charge in [0.05, 0.1) is 9.80 Å². The van der Waals surface area contributed by atoms with Gasteiger partial charge >= 0.3 is 0 Å². The van der Waals surface area contributed by atoms with Crippen LogP contribution >= 0.6 is 15.9 Å². The van der Waals surface area contributed by atoms with Gasteiger partial charge < -0.3 is 5.73 Å². The van der Waals surface area contributed by atoms with Gasteiger partial charge in [-0.15, -0.1) is 0 Å². The van der Waals surface area contributed by atoms with Gasteiger partial charge in [-0.2, -0.15) is 0 Å². The van der Waals surface area contributed by atoms with E-state index in [-0.39, 0.29) is 4.91 Å². The lowest BCUT2D eigenvalue weighted by Crippen LogP contribution is -2.36. The number of hydrogen-bond acceptors (Lipinski definition) is 3. The number of sulfone groups is 1. The standard InChI is InChI=1S/C11H12BrNO2S/c1-11(2,13)10-6-7-5-8(12)3-4-9(7)16(10,14)15/h3-6H,13H2,1-2H3. The number of benzene rings is 1. The summed E-state index contributed by atoms with van der Waals surface area (Å²) in [4.78, 5) is 0.609. The molecule has 1 aromatic rings. The SMILES string of the molecule is CC(C)(N)C1=Cc2cc(Br)ccc2S1(=O)=O. The largest absolute Gasteiger partial charge is 0.321 e. The molecule has 0 fully saturated rings. The second-order valence-electron chi connectivity index (χ2n) is 4.42. The fourth-order valence-electron chi connectivity index (χ4n) is 1.75. The summed E-state index contributed by atoms with van der Waals surface area (Å²) < 4.78 is 25.2. The van der Waals surface area contributed by atoms with Gasteiger partial charge in [-0.3, -0.25) is 0 Å². The van der Waals surface area contributed by atoms with Crippen LogP contribution in [0.2, 0.25) is 0 Å². The molecule has 1 heterocycles. The predicted molar refractivity (Wildman–Crippen MR) is 67.6 cm³/mol. The Morgan fingerprint density at radius 1 is 1.31 bits per heavy atom. The van der Waals surface area contributed by atoms with Crippen molar-refractivity contribution in [2.75, 3.05) is 0 Å². The molecule has 0 radical (unpaired) electrons. The first kappa shape index (κ1) is 11.8. The van der Waals surface area contributed by atoms with Crippen LogP contribution in [0, 0.1) is 0 Å². The molecule has 2 rings (SSSR count). The van der Waals surface area contributed by atoms with Crippen LogP contribution < -0.4 is 5.73 Å². The second kappa shape index (κ2) is 3.42. The summed E-state index contributed by atoms with van der Waals surface area (Å²) in [6.07, 6.45) is 1.65. The average Bonchev–Trinajstić information content (AvgIpc) is 2.36. The van der Waals surface area contributed by atoms with Crippen molar-refractivity contribution in [2.24, 2.45) is 5.73 Å². The average molecular weight is 302 g/mol. The fourth-order valence-corrected chi connectivity index (χ4v) is 4.01. The maximum absolute atomic E-state index is 12.2. The van der Waals surface area contributed by atoms with Crippen LogP contribution in [0.1, 0.15) is 19.4 Å². The lowest BCUT2D eigenvalue weighted by Gasteiger charge is -2.19. The molecule has 0 atom stereocenters. The smallest absolute Gasteiger partial charge is 0.205 e. The molecule has 2 N–H and O–H groups in total. The molecule has 3 nitrogen and oxygen atoms in total. The zero-order valence-electron chi connectivity index (χ0n) is 8.99. The summed E-state index contributed by atoms with van der Waals surface area (Å²) in [6, 6.07) is 5.10. The van der Waals surface area contributed by atoms with E-state index in [4.69, 9.17) is 5.73 Å². The van der Waals surface area contributed by atoms with Gasteiger partial charge in [0.15, 0.2) is 0 Å². The highest BCUT2D eigenvalue weighted by atomic mass is 79.9. The van der Waals surface area contributed by atoms with Crippen molar-refractivity contribution >= 4 is 31.8 Å². The van der Waals surface area contributed by atoms with Crippen molar-refractivity contribution in [3.8, 4) is 0 Å². The first-order chi connectivity index (χ1) is 7.23. The van der Waals surface area contributed by atoms with Crippen molar-refractivity contribution in [2.45, 2.75) is 24.3 Å². The van der Waals surface area contributed by atoms with Crippen LogP contribution in [0.15, 0.2) is 32.5 Å². The molecule has 0 spiro atoms. The van der Waals surface area contributed by atoms with Gasteiger partial charge in [-0.25, -0.2) is 8.42 Å². The van der Waals surface area contributed by atoms with E-state index in [1.165, 1.54) is 0 Å². The molecule has 1 aliphatic heterocycles. The molecule has 0 amide bonds.